The second kappa shape index (κ2) is 10.2. The summed E-state index contributed by atoms with van der Waals surface area (Å²) in [4.78, 5) is 22.9. The molecule has 8 nitrogen and oxygen atoms in total. The van der Waals surface area contributed by atoms with E-state index in [2.05, 4.69) is 5.32 Å². The Hall–Kier alpha value is -3.05. The normalized spacial score (nSPS) is 16.4. The molecule has 2 N–H and O–H groups in total. The molecule has 1 atom stereocenters. The Balaban J connectivity index is 2.11. The number of nitrogens with zero attached hydrogens (tertiary/aromatic N) is 1. The first-order valence-electron chi connectivity index (χ1n) is 8.66. The van der Waals surface area contributed by atoms with Crippen LogP contribution in [0.3, 0.4) is 0 Å². The number of rotatable bonds is 9. The third-order valence-corrected chi connectivity index (χ3v) is 3.81. The van der Waals surface area contributed by atoms with Crippen molar-refractivity contribution in [2.45, 2.75) is 25.9 Å². The smallest absolute Gasteiger partial charge is 0.341 e. The highest BCUT2D eigenvalue weighted by molar-refractivity contribution is 6.01. The van der Waals surface area contributed by atoms with Gasteiger partial charge in [-0.3, -0.25) is 4.79 Å². The van der Waals surface area contributed by atoms with Crippen LogP contribution in [-0.2, 0) is 14.3 Å². The van der Waals surface area contributed by atoms with Gasteiger partial charge in [-0.25, -0.2) is 4.79 Å². The summed E-state index contributed by atoms with van der Waals surface area (Å²) < 4.78 is 16.1. The van der Waals surface area contributed by atoms with Gasteiger partial charge in [0.25, 0.3) is 5.91 Å². The summed E-state index contributed by atoms with van der Waals surface area (Å²) in [5.74, 6) is -0.962. The van der Waals surface area contributed by atoms with Crippen LogP contribution in [0, 0.1) is 11.3 Å². The van der Waals surface area contributed by atoms with Gasteiger partial charge in [-0.15, -0.1) is 0 Å². The maximum Gasteiger partial charge on any atom is 0.341 e. The SMILES string of the molecule is CCOc1cc(/C=C(\C#N)C(=O)NCC2CCCO2)ccc1OCC(=O)O. The summed E-state index contributed by atoms with van der Waals surface area (Å²) in [6.07, 6.45) is 3.29. The molecule has 1 heterocycles. The van der Waals surface area contributed by atoms with Crippen LogP contribution in [0.15, 0.2) is 23.8 Å². The standard InChI is InChI=1S/C19H22N2O6/c1-2-25-17-9-13(5-6-16(17)27-12-18(22)23)8-14(10-20)19(24)21-11-15-4-3-7-26-15/h5-6,8-9,15H,2-4,7,11-12H2,1H3,(H,21,24)(H,22,23)/b14-8+. The van der Waals surface area contributed by atoms with Crippen molar-refractivity contribution in [2.75, 3.05) is 26.4 Å². The van der Waals surface area contributed by atoms with Crippen molar-refractivity contribution in [1.82, 2.24) is 5.32 Å². The Bertz CT molecular complexity index is 747. The zero-order valence-corrected chi connectivity index (χ0v) is 15.1. The minimum absolute atomic E-state index is 0.0101. The Labute approximate surface area is 157 Å². The summed E-state index contributed by atoms with van der Waals surface area (Å²) >= 11 is 0. The monoisotopic (exact) mass is 374 g/mol. The van der Waals surface area contributed by atoms with Crippen LogP contribution in [0.1, 0.15) is 25.3 Å². The lowest BCUT2D eigenvalue weighted by Gasteiger charge is -2.12. The molecule has 27 heavy (non-hydrogen) atoms. The van der Waals surface area contributed by atoms with Gasteiger partial charge in [-0.05, 0) is 43.5 Å². The van der Waals surface area contributed by atoms with E-state index in [1.807, 2.05) is 6.07 Å². The lowest BCUT2D eigenvalue weighted by molar-refractivity contribution is -0.139. The molecule has 144 valence electrons. The van der Waals surface area contributed by atoms with Gasteiger partial charge in [0.1, 0.15) is 11.6 Å². The number of carboxylic acid groups (broad SMARTS) is 1. The van der Waals surface area contributed by atoms with E-state index in [-0.39, 0.29) is 17.4 Å². The van der Waals surface area contributed by atoms with Gasteiger partial charge in [-0.1, -0.05) is 6.07 Å². The number of nitriles is 1. The van der Waals surface area contributed by atoms with Crippen LogP contribution in [0.4, 0.5) is 0 Å². The van der Waals surface area contributed by atoms with Gasteiger partial charge in [0, 0.05) is 13.2 Å². The number of ether oxygens (including phenoxy) is 3. The highest BCUT2D eigenvalue weighted by atomic mass is 16.5. The van der Waals surface area contributed by atoms with Crippen molar-refractivity contribution >= 4 is 18.0 Å². The average molecular weight is 374 g/mol. The Kier molecular flexibility index (Phi) is 7.64. The summed E-state index contributed by atoms with van der Waals surface area (Å²) in [5, 5.41) is 20.7. The number of benzene rings is 1. The summed E-state index contributed by atoms with van der Waals surface area (Å²) in [6, 6.07) is 6.64. The summed E-state index contributed by atoms with van der Waals surface area (Å²) in [7, 11) is 0. The molecule has 1 aliphatic rings. The van der Waals surface area contributed by atoms with Crippen LogP contribution < -0.4 is 14.8 Å². The molecule has 0 radical (unpaired) electrons. The van der Waals surface area contributed by atoms with E-state index in [4.69, 9.17) is 19.3 Å². The minimum Gasteiger partial charge on any atom is -0.490 e. The van der Waals surface area contributed by atoms with Gasteiger partial charge >= 0.3 is 5.97 Å². The van der Waals surface area contributed by atoms with E-state index in [0.717, 1.165) is 12.8 Å². The molecule has 0 bridgehead atoms. The van der Waals surface area contributed by atoms with Crippen molar-refractivity contribution in [3.63, 3.8) is 0 Å². The number of nitrogens with one attached hydrogen (secondary N) is 1. The summed E-state index contributed by atoms with van der Waals surface area (Å²) in [6.45, 7) is 2.69. The number of amides is 1. The Morgan fingerprint density at radius 1 is 1.41 bits per heavy atom. The maximum atomic E-state index is 12.2. The molecular formula is C19H22N2O6. The Morgan fingerprint density at radius 3 is 2.85 bits per heavy atom. The van der Waals surface area contributed by atoms with Gasteiger partial charge in [0.15, 0.2) is 18.1 Å². The van der Waals surface area contributed by atoms with Gasteiger partial charge in [0.05, 0.1) is 12.7 Å². The summed E-state index contributed by atoms with van der Waals surface area (Å²) in [5.41, 5.74) is 0.514. The number of carboxylic acids is 1. The van der Waals surface area contributed by atoms with E-state index in [0.29, 0.717) is 31.1 Å². The fourth-order valence-electron chi connectivity index (χ4n) is 2.56. The lowest BCUT2D eigenvalue weighted by atomic mass is 10.1. The molecular weight excluding hydrogens is 352 g/mol. The molecule has 1 aliphatic heterocycles. The minimum atomic E-state index is -1.10. The first-order chi connectivity index (χ1) is 13.0. The molecule has 1 saturated heterocycles. The molecule has 8 heteroatoms. The van der Waals surface area contributed by atoms with Crippen LogP contribution in [0.25, 0.3) is 6.08 Å². The van der Waals surface area contributed by atoms with E-state index >= 15 is 0 Å². The van der Waals surface area contributed by atoms with Crippen molar-refractivity contribution in [3.8, 4) is 17.6 Å². The largest absolute Gasteiger partial charge is 0.490 e. The number of aliphatic carboxylic acids is 1. The van der Waals surface area contributed by atoms with Crippen molar-refractivity contribution in [1.29, 1.82) is 5.26 Å². The van der Waals surface area contributed by atoms with E-state index in [1.54, 1.807) is 25.1 Å². The Morgan fingerprint density at radius 2 is 2.22 bits per heavy atom. The fourth-order valence-corrected chi connectivity index (χ4v) is 2.56. The molecule has 0 aliphatic carbocycles. The number of hydrogen-bond donors (Lipinski definition) is 2. The zero-order valence-electron chi connectivity index (χ0n) is 15.1. The van der Waals surface area contributed by atoms with Gasteiger partial charge in [0.2, 0.25) is 0 Å². The highest BCUT2D eigenvalue weighted by Gasteiger charge is 2.18. The molecule has 0 spiro atoms. The third-order valence-electron chi connectivity index (χ3n) is 3.81. The molecule has 1 amide bonds. The predicted molar refractivity (Wildman–Crippen MR) is 96.3 cm³/mol. The third kappa shape index (κ3) is 6.31. The maximum absolute atomic E-state index is 12.2. The topological polar surface area (TPSA) is 118 Å². The molecule has 1 fully saturated rings. The van der Waals surface area contributed by atoms with Gasteiger partial charge < -0.3 is 24.6 Å². The van der Waals surface area contributed by atoms with Gasteiger partial charge in [-0.2, -0.15) is 5.26 Å². The van der Waals surface area contributed by atoms with Crippen molar-refractivity contribution in [2.24, 2.45) is 0 Å². The molecule has 0 saturated carbocycles. The fraction of sp³-hybridized carbons (Fsp3) is 0.421. The van der Waals surface area contributed by atoms with E-state index in [1.165, 1.54) is 6.08 Å². The average Bonchev–Trinajstić information content (AvgIpc) is 3.17. The number of hydrogen-bond acceptors (Lipinski definition) is 6. The van der Waals surface area contributed by atoms with Crippen LogP contribution >= 0.6 is 0 Å². The quantitative estimate of drug-likeness (QED) is 0.499. The zero-order chi connectivity index (χ0) is 19.6. The number of carbonyl (C=O) groups excluding carboxylic acids is 1. The van der Waals surface area contributed by atoms with Crippen LogP contribution in [0.2, 0.25) is 0 Å². The predicted octanol–water partition coefficient (Wildman–Crippen LogP) is 1.75. The molecule has 1 unspecified atom stereocenters. The van der Waals surface area contributed by atoms with Crippen LogP contribution in [-0.4, -0.2) is 49.5 Å². The number of carbonyl (C=O) groups is 2. The first-order valence-corrected chi connectivity index (χ1v) is 8.66. The highest BCUT2D eigenvalue weighted by Crippen LogP contribution is 2.29. The second-order valence-electron chi connectivity index (χ2n) is 5.84. The molecule has 1 aromatic carbocycles. The van der Waals surface area contributed by atoms with E-state index < -0.39 is 18.5 Å². The molecule has 1 aromatic rings. The second-order valence-corrected chi connectivity index (χ2v) is 5.84. The first kappa shape index (κ1) is 20.3. The van der Waals surface area contributed by atoms with Crippen molar-refractivity contribution < 1.29 is 28.9 Å². The lowest BCUT2D eigenvalue weighted by Crippen LogP contribution is -2.32. The molecule has 2 rings (SSSR count). The van der Waals surface area contributed by atoms with Crippen LogP contribution in [0.5, 0.6) is 11.5 Å². The van der Waals surface area contributed by atoms with E-state index in [9.17, 15) is 14.9 Å². The van der Waals surface area contributed by atoms with Crippen molar-refractivity contribution in [3.05, 3.63) is 29.3 Å². The molecule has 0 aromatic heterocycles.